The van der Waals surface area contributed by atoms with Crippen LogP contribution in [0.3, 0.4) is 0 Å². The van der Waals surface area contributed by atoms with Gasteiger partial charge in [0.1, 0.15) is 5.76 Å². The van der Waals surface area contributed by atoms with Crippen molar-refractivity contribution in [3.63, 3.8) is 0 Å². The van der Waals surface area contributed by atoms with Gasteiger partial charge in [-0.05, 0) is 26.0 Å². The minimum atomic E-state index is -1.07. The van der Waals surface area contributed by atoms with E-state index in [0.29, 0.717) is 5.76 Å². The summed E-state index contributed by atoms with van der Waals surface area (Å²) in [5.74, 6) is 0.546. The molecule has 0 amide bonds. The zero-order valence-corrected chi connectivity index (χ0v) is 8.84. The topological polar surface area (TPSA) is 46.3 Å². The van der Waals surface area contributed by atoms with Crippen LogP contribution < -0.4 is 0 Å². The maximum Gasteiger partial charge on any atom is 0.155 e. The van der Waals surface area contributed by atoms with Crippen LogP contribution in [0.2, 0.25) is 0 Å². The fourth-order valence-electron chi connectivity index (χ4n) is 1.44. The number of aliphatic hydroxyl groups is 1. The largest absolute Gasteiger partial charge is 0.466 e. The molecular weight excluding hydrogens is 198 g/mol. The van der Waals surface area contributed by atoms with E-state index in [9.17, 15) is 5.11 Å². The number of hydrogen-bond acceptors (Lipinski definition) is 4. The van der Waals surface area contributed by atoms with Gasteiger partial charge < -0.3 is 9.52 Å². The summed E-state index contributed by atoms with van der Waals surface area (Å²) in [6.07, 6.45) is 1.56. The third-order valence-corrected chi connectivity index (χ3v) is 3.33. The van der Waals surface area contributed by atoms with E-state index in [1.807, 2.05) is 6.92 Å². The molecule has 0 aliphatic rings. The number of furan rings is 1. The smallest absolute Gasteiger partial charge is 0.155 e. The lowest BCUT2D eigenvalue weighted by Crippen LogP contribution is -2.21. The lowest BCUT2D eigenvalue weighted by molar-refractivity contribution is 0.0796. The van der Waals surface area contributed by atoms with Crippen LogP contribution in [-0.2, 0) is 5.60 Å². The van der Waals surface area contributed by atoms with Crippen molar-refractivity contribution in [2.24, 2.45) is 0 Å². The number of nitrogens with zero attached hydrogens (tertiary/aromatic N) is 1. The molecule has 2 aromatic rings. The van der Waals surface area contributed by atoms with Crippen molar-refractivity contribution >= 4 is 11.3 Å². The van der Waals surface area contributed by atoms with Gasteiger partial charge in [0.15, 0.2) is 5.60 Å². The number of aromatic nitrogens is 1. The van der Waals surface area contributed by atoms with Crippen molar-refractivity contribution in [1.82, 2.24) is 4.98 Å². The molecule has 0 fully saturated rings. The first-order chi connectivity index (χ1) is 6.62. The normalized spacial score (nSPS) is 15.4. The monoisotopic (exact) mass is 209 g/mol. The first-order valence-corrected chi connectivity index (χ1v) is 5.17. The molecule has 1 unspecified atom stereocenters. The van der Waals surface area contributed by atoms with Crippen molar-refractivity contribution in [1.29, 1.82) is 0 Å². The highest BCUT2D eigenvalue weighted by atomic mass is 32.1. The zero-order valence-electron chi connectivity index (χ0n) is 8.02. The predicted octanol–water partition coefficient (Wildman–Crippen LogP) is 2.30. The third kappa shape index (κ3) is 1.36. The van der Waals surface area contributed by atoms with Gasteiger partial charge in [-0.25, -0.2) is 4.98 Å². The Morgan fingerprint density at radius 3 is 2.86 bits per heavy atom. The summed E-state index contributed by atoms with van der Waals surface area (Å²) < 4.78 is 5.21. The third-order valence-electron chi connectivity index (χ3n) is 2.19. The first-order valence-electron chi connectivity index (χ1n) is 4.29. The summed E-state index contributed by atoms with van der Waals surface area (Å²) in [5, 5.41) is 10.3. The van der Waals surface area contributed by atoms with E-state index in [-0.39, 0.29) is 0 Å². The molecule has 0 aliphatic carbocycles. The van der Waals surface area contributed by atoms with E-state index < -0.39 is 5.60 Å². The van der Waals surface area contributed by atoms with Crippen molar-refractivity contribution in [3.05, 3.63) is 40.2 Å². The van der Waals surface area contributed by atoms with Gasteiger partial charge in [-0.3, -0.25) is 0 Å². The minimum Gasteiger partial charge on any atom is -0.466 e. The molecule has 0 aliphatic heterocycles. The highest BCUT2D eigenvalue weighted by molar-refractivity contribution is 7.09. The summed E-state index contributed by atoms with van der Waals surface area (Å²) in [6.45, 7) is 3.59. The van der Waals surface area contributed by atoms with E-state index in [1.165, 1.54) is 11.3 Å². The van der Waals surface area contributed by atoms with Crippen LogP contribution in [0.1, 0.15) is 23.3 Å². The highest BCUT2D eigenvalue weighted by Gasteiger charge is 2.31. The Morgan fingerprint density at radius 2 is 2.36 bits per heavy atom. The first kappa shape index (κ1) is 9.43. The molecule has 4 heteroatoms. The molecule has 1 atom stereocenters. The van der Waals surface area contributed by atoms with E-state index in [1.54, 1.807) is 30.8 Å². The molecular formula is C10H11NO2S. The van der Waals surface area contributed by atoms with Crippen LogP contribution in [0.15, 0.2) is 28.3 Å². The highest BCUT2D eigenvalue weighted by Crippen LogP contribution is 2.33. The van der Waals surface area contributed by atoms with Crippen molar-refractivity contribution < 1.29 is 9.52 Å². The SMILES string of the molecule is Cc1ncsc1C(C)(O)c1ccco1. The van der Waals surface area contributed by atoms with Crippen LogP contribution in [0.25, 0.3) is 0 Å². The molecule has 2 aromatic heterocycles. The van der Waals surface area contributed by atoms with E-state index in [0.717, 1.165) is 10.6 Å². The number of rotatable bonds is 2. The lowest BCUT2D eigenvalue weighted by atomic mass is 10.0. The van der Waals surface area contributed by atoms with Crippen LogP contribution in [0.4, 0.5) is 0 Å². The zero-order chi connectivity index (χ0) is 10.2. The molecule has 74 valence electrons. The van der Waals surface area contributed by atoms with Crippen LogP contribution >= 0.6 is 11.3 Å². The van der Waals surface area contributed by atoms with E-state index >= 15 is 0 Å². The number of hydrogen-bond donors (Lipinski definition) is 1. The quantitative estimate of drug-likeness (QED) is 0.825. The predicted molar refractivity (Wildman–Crippen MR) is 54.2 cm³/mol. The lowest BCUT2D eigenvalue weighted by Gasteiger charge is -2.19. The summed E-state index contributed by atoms with van der Waals surface area (Å²) in [6, 6.07) is 3.53. The summed E-state index contributed by atoms with van der Waals surface area (Å²) in [7, 11) is 0. The van der Waals surface area contributed by atoms with Gasteiger partial charge in [0, 0.05) is 0 Å². The van der Waals surface area contributed by atoms with Crippen molar-refractivity contribution in [3.8, 4) is 0 Å². The van der Waals surface area contributed by atoms with Gasteiger partial charge in [-0.2, -0.15) is 0 Å². The molecule has 1 N–H and O–H groups in total. The van der Waals surface area contributed by atoms with Gasteiger partial charge in [-0.1, -0.05) is 0 Å². The maximum absolute atomic E-state index is 10.3. The van der Waals surface area contributed by atoms with E-state index in [4.69, 9.17) is 4.42 Å². The molecule has 0 radical (unpaired) electrons. The number of thiazole rings is 1. The fourth-order valence-corrected chi connectivity index (χ4v) is 2.31. The van der Waals surface area contributed by atoms with Gasteiger partial charge in [0.2, 0.25) is 0 Å². The molecule has 2 rings (SSSR count). The summed E-state index contributed by atoms with van der Waals surface area (Å²) in [4.78, 5) is 4.94. The van der Waals surface area contributed by atoms with Crippen molar-refractivity contribution in [2.75, 3.05) is 0 Å². The summed E-state index contributed by atoms with van der Waals surface area (Å²) >= 11 is 1.43. The molecule has 3 nitrogen and oxygen atoms in total. The van der Waals surface area contributed by atoms with Crippen molar-refractivity contribution in [2.45, 2.75) is 19.4 Å². The Labute approximate surface area is 86.0 Å². The molecule has 0 aromatic carbocycles. The fraction of sp³-hybridized carbons (Fsp3) is 0.300. The number of aryl methyl sites for hydroxylation is 1. The van der Waals surface area contributed by atoms with E-state index in [2.05, 4.69) is 4.98 Å². The molecule has 0 spiro atoms. The van der Waals surface area contributed by atoms with Gasteiger partial charge >= 0.3 is 0 Å². The van der Waals surface area contributed by atoms with Gasteiger partial charge in [0.25, 0.3) is 0 Å². The molecule has 0 saturated carbocycles. The molecule has 2 heterocycles. The van der Waals surface area contributed by atoms with Crippen LogP contribution in [0.5, 0.6) is 0 Å². The van der Waals surface area contributed by atoms with Crippen LogP contribution in [0, 0.1) is 6.92 Å². The second-order valence-corrected chi connectivity index (χ2v) is 4.17. The second kappa shape index (κ2) is 3.22. The van der Waals surface area contributed by atoms with Gasteiger partial charge in [-0.15, -0.1) is 11.3 Å². The maximum atomic E-state index is 10.3. The summed E-state index contributed by atoms with van der Waals surface area (Å²) in [5.41, 5.74) is 1.49. The Kier molecular flexibility index (Phi) is 2.17. The Bertz CT molecular complexity index is 417. The average Bonchev–Trinajstić information content (AvgIpc) is 2.72. The average molecular weight is 209 g/mol. The van der Waals surface area contributed by atoms with Gasteiger partial charge in [0.05, 0.1) is 22.3 Å². The molecule has 0 saturated heterocycles. The second-order valence-electron chi connectivity index (χ2n) is 3.32. The molecule has 0 bridgehead atoms. The standard InChI is InChI=1S/C10H11NO2S/c1-7-9(14-6-11-7)10(2,12)8-4-3-5-13-8/h3-6,12H,1-2H3. The molecule has 14 heavy (non-hydrogen) atoms. The van der Waals surface area contributed by atoms with Crippen LogP contribution in [-0.4, -0.2) is 10.1 Å². The minimum absolute atomic E-state index is 0.546. The Balaban J connectivity index is 2.48. The Morgan fingerprint density at radius 1 is 1.57 bits per heavy atom. The Hall–Kier alpha value is -1.13.